The maximum Gasteiger partial charge on any atom is 0.0459 e. The molecular weight excluding hydrogens is 208 g/mol. The fraction of sp³-hybridized carbons (Fsp3) is 0.467. The van der Waals surface area contributed by atoms with E-state index in [0.717, 1.165) is 6.42 Å². The van der Waals surface area contributed by atoms with Crippen molar-refractivity contribution in [2.45, 2.75) is 39.5 Å². The van der Waals surface area contributed by atoms with E-state index >= 15 is 0 Å². The van der Waals surface area contributed by atoms with Crippen molar-refractivity contribution in [3.8, 4) is 0 Å². The van der Waals surface area contributed by atoms with Crippen molar-refractivity contribution >= 4 is 10.9 Å². The summed E-state index contributed by atoms with van der Waals surface area (Å²) in [5.41, 5.74) is 11.0. The number of nitrogens with two attached hydrogens (primary N) is 1. The van der Waals surface area contributed by atoms with Gasteiger partial charge in [-0.15, -0.1) is 0 Å². The Morgan fingerprint density at radius 3 is 2.53 bits per heavy atom. The van der Waals surface area contributed by atoms with E-state index in [-0.39, 0.29) is 5.41 Å². The Morgan fingerprint density at radius 2 is 1.94 bits per heavy atom. The van der Waals surface area contributed by atoms with Crippen molar-refractivity contribution < 1.29 is 0 Å². The fourth-order valence-electron chi connectivity index (χ4n) is 2.24. The summed E-state index contributed by atoms with van der Waals surface area (Å²) in [7, 11) is 0. The molecule has 2 aromatic rings. The molecule has 3 N–H and O–H groups in total. The molecule has 1 heterocycles. The molecule has 2 rings (SSSR count). The number of nitrogens with one attached hydrogen (secondary N) is 1. The number of rotatable bonds is 2. The molecule has 0 bridgehead atoms. The molecular formula is C15H22N2. The van der Waals surface area contributed by atoms with Gasteiger partial charge in [0.25, 0.3) is 0 Å². The molecule has 0 aliphatic carbocycles. The molecule has 17 heavy (non-hydrogen) atoms. The molecule has 0 saturated carbocycles. The number of aromatic nitrogens is 1. The quantitative estimate of drug-likeness (QED) is 0.817. The SMILES string of the molecule is Cc1c(CCN)[nH]c2ccc(C(C)(C)C)cc12. The molecule has 1 aromatic heterocycles. The molecule has 2 nitrogen and oxygen atoms in total. The van der Waals surface area contributed by atoms with Gasteiger partial charge in [-0.3, -0.25) is 0 Å². The maximum absolute atomic E-state index is 5.63. The molecule has 0 saturated heterocycles. The van der Waals surface area contributed by atoms with Gasteiger partial charge in [-0.2, -0.15) is 0 Å². The summed E-state index contributed by atoms with van der Waals surface area (Å²) in [6.45, 7) is 9.61. The Bertz CT molecular complexity index is 530. The fourth-order valence-corrected chi connectivity index (χ4v) is 2.24. The minimum atomic E-state index is 0.200. The Balaban J connectivity index is 2.57. The molecule has 0 fully saturated rings. The first-order valence-electron chi connectivity index (χ1n) is 6.25. The third-order valence-corrected chi connectivity index (χ3v) is 3.42. The lowest BCUT2D eigenvalue weighted by Gasteiger charge is -2.18. The van der Waals surface area contributed by atoms with Crippen LogP contribution in [0.2, 0.25) is 0 Å². The average molecular weight is 230 g/mol. The zero-order valence-electron chi connectivity index (χ0n) is 11.2. The molecule has 0 aliphatic heterocycles. The summed E-state index contributed by atoms with van der Waals surface area (Å²) in [6, 6.07) is 6.70. The largest absolute Gasteiger partial charge is 0.358 e. The summed E-state index contributed by atoms with van der Waals surface area (Å²) >= 11 is 0. The average Bonchev–Trinajstić information content (AvgIpc) is 2.55. The standard InChI is InChI=1S/C15H22N2/c1-10-12-9-11(15(2,3)4)5-6-14(12)17-13(10)7-8-16/h5-6,9,17H,7-8,16H2,1-4H3. The first kappa shape index (κ1) is 12.2. The van der Waals surface area contributed by atoms with Crippen LogP contribution in [0.5, 0.6) is 0 Å². The number of H-pyrrole nitrogens is 1. The van der Waals surface area contributed by atoms with Crippen LogP contribution in [-0.4, -0.2) is 11.5 Å². The van der Waals surface area contributed by atoms with E-state index in [2.05, 4.69) is 50.9 Å². The zero-order chi connectivity index (χ0) is 12.6. The van der Waals surface area contributed by atoms with Crippen LogP contribution < -0.4 is 5.73 Å². The lowest BCUT2D eigenvalue weighted by atomic mass is 9.86. The van der Waals surface area contributed by atoms with Gasteiger partial charge in [0.2, 0.25) is 0 Å². The van der Waals surface area contributed by atoms with E-state index in [9.17, 15) is 0 Å². The second-order valence-corrected chi connectivity index (χ2v) is 5.78. The van der Waals surface area contributed by atoms with Crippen LogP contribution in [0.25, 0.3) is 10.9 Å². The number of aryl methyl sites for hydroxylation is 1. The smallest absolute Gasteiger partial charge is 0.0459 e. The van der Waals surface area contributed by atoms with Crippen molar-refractivity contribution in [1.29, 1.82) is 0 Å². The monoisotopic (exact) mass is 230 g/mol. The van der Waals surface area contributed by atoms with E-state index in [1.165, 1.54) is 27.7 Å². The van der Waals surface area contributed by atoms with Crippen LogP contribution in [0.1, 0.15) is 37.6 Å². The van der Waals surface area contributed by atoms with Crippen molar-refractivity contribution in [2.75, 3.05) is 6.54 Å². The summed E-state index contributed by atoms with van der Waals surface area (Å²) in [5, 5.41) is 1.33. The number of aromatic amines is 1. The van der Waals surface area contributed by atoms with Gasteiger partial charge in [-0.25, -0.2) is 0 Å². The van der Waals surface area contributed by atoms with Crippen LogP contribution in [0, 0.1) is 6.92 Å². The predicted molar refractivity (Wildman–Crippen MR) is 74.5 cm³/mol. The van der Waals surface area contributed by atoms with Crippen LogP contribution >= 0.6 is 0 Å². The van der Waals surface area contributed by atoms with Crippen LogP contribution in [-0.2, 0) is 11.8 Å². The number of hydrogen-bond donors (Lipinski definition) is 2. The van der Waals surface area contributed by atoms with Crippen LogP contribution in [0.15, 0.2) is 18.2 Å². The molecule has 0 unspecified atom stereocenters. The van der Waals surface area contributed by atoms with Crippen LogP contribution in [0.4, 0.5) is 0 Å². The summed E-state index contributed by atoms with van der Waals surface area (Å²) in [5.74, 6) is 0. The van der Waals surface area contributed by atoms with Gasteiger partial charge in [0.15, 0.2) is 0 Å². The van der Waals surface area contributed by atoms with E-state index in [4.69, 9.17) is 5.73 Å². The summed E-state index contributed by atoms with van der Waals surface area (Å²) < 4.78 is 0. The van der Waals surface area contributed by atoms with Crippen LogP contribution in [0.3, 0.4) is 0 Å². The lowest BCUT2D eigenvalue weighted by molar-refractivity contribution is 0.591. The molecule has 0 atom stereocenters. The van der Waals surface area contributed by atoms with Gasteiger partial charge < -0.3 is 10.7 Å². The van der Waals surface area contributed by atoms with Crippen molar-refractivity contribution in [2.24, 2.45) is 5.73 Å². The molecule has 2 heteroatoms. The zero-order valence-corrected chi connectivity index (χ0v) is 11.2. The Labute approximate surface area is 103 Å². The highest BCUT2D eigenvalue weighted by Gasteiger charge is 2.15. The normalized spacial score (nSPS) is 12.3. The molecule has 1 aromatic carbocycles. The highest BCUT2D eigenvalue weighted by atomic mass is 14.7. The third kappa shape index (κ3) is 2.22. The number of hydrogen-bond acceptors (Lipinski definition) is 1. The topological polar surface area (TPSA) is 41.8 Å². The second-order valence-electron chi connectivity index (χ2n) is 5.78. The first-order chi connectivity index (χ1) is 7.93. The van der Waals surface area contributed by atoms with E-state index in [1.807, 2.05) is 0 Å². The predicted octanol–water partition coefficient (Wildman–Crippen LogP) is 3.28. The summed E-state index contributed by atoms with van der Waals surface area (Å²) in [4.78, 5) is 3.46. The third-order valence-electron chi connectivity index (χ3n) is 3.42. The van der Waals surface area contributed by atoms with Crippen molar-refractivity contribution in [3.05, 3.63) is 35.0 Å². The minimum absolute atomic E-state index is 0.200. The Morgan fingerprint density at radius 1 is 1.24 bits per heavy atom. The molecule has 0 aliphatic rings. The highest BCUT2D eigenvalue weighted by molar-refractivity contribution is 5.85. The number of benzene rings is 1. The van der Waals surface area contributed by atoms with Gasteiger partial charge in [0.05, 0.1) is 0 Å². The van der Waals surface area contributed by atoms with Crippen molar-refractivity contribution in [3.63, 3.8) is 0 Å². The second kappa shape index (κ2) is 4.19. The van der Waals surface area contributed by atoms with Gasteiger partial charge >= 0.3 is 0 Å². The van der Waals surface area contributed by atoms with E-state index < -0.39 is 0 Å². The van der Waals surface area contributed by atoms with Gasteiger partial charge in [0.1, 0.15) is 0 Å². The van der Waals surface area contributed by atoms with Crippen molar-refractivity contribution in [1.82, 2.24) is 4.98 Å². The molecule has 0 radical (unpaired) electrons. The maximum atomic E-state index is 5.63. The van der Waals surface area contributed by atoms with Gasteiger partial charge in [-0.05, 0) is 42.1 Å². The molecule has 92 valence electrons. The van der Waals surface area contributed by atoms with Gasteiger partial charge in [0, 0.05) is 23.0 Å². The first-order valence-corrected chi connectivity index (χ1v) is 6.25. The molecule has 0 amide bonds. The lowest BCUT2D eigenvalue weighted by Crippen LogP contribution is -2.10. The van der Waals surface area contributed by atoms with E-state index in [0.29, 0.717) is 6.54 Å². The highest BCUT2D eigenvalue weighted by Crippen LogP contribution is 2.28. The van der Waals surface area contributed by atoms with Gasteiger partial charge in [-0.1, -0.05) is 26.8 Å². The summed E-state index contributed by atoms with van der Waals surface area (Å²) in [6.07, 6.45) is 0.922. The molecule has 0 spiro atoms. The Hall–Kier alpha value is -1.28. The number of fused-ring (bicyclic) bond motifs is 1. The minimum Gasteiger partial charge on any atom is -0.358 e. The van der Waals surface area contributed by atoms with E-state index in [1.54, 1.807) is 0 Å². The Kier molecular flexibility index (Phi) is 3.00.